The molecule has 0 saturated carbocycles. The average Bonchev–Trinajstić information content (AvgIpc) is 2.80. The third-order valence-corrected chi connectivity index (χ3v) is 4.51. The predicted molar refractivity (Wildman–Crippen MR) is 80.3 cm³/mol. The van der Waals surface area contributed by atoms with Crippen molar-refractivity contribution in [3.8, 4) is 0 Å². The monoisotopic (exact) mass is 261 g/mol. The Hall–Kier alpha value is -0.860. The lowest BCUT2D eigenvalue weighted by atomic mass is 10.00. The van der Waals surface area contributed by atoms with E-state index in [0.717, 1.165) is 18.7 Å². The summed E-state index contributed by atoms with van der Waals surface area (Å²) < 4.78 is 0. The number of hydrogen-bond acceptors (Lipinski definition) is 2. The summed E-state index contributed by atoms with van der Waals surface area (Å²) in [7, 11) is 0. The van der Waals surface area contributed by atoms with E-state index in [4.69, 9.17) is 0 Å². The molecular formula is C17H27NO. The van der Waals surface area contributed by atoms with Gasteiger partial charge in [-0.15, -0.1) is 0 Å². The highest BCUT2D eigenvalue weighted by molar-refractivity contribution is 5.31. The number of aryl methyl sites for hydroxylation is 2. The van der Waals surface area contributed by atoms with Crippen LogP contribution >= 0.6 is 0 Å². The lowest BCUT2D eigenvalue weighted by Gasteiger charge is -2.29. The van der Waals surface area contributed by atoms with Crippen LogP contribution in [0.1, 0.15) is 49.5 Å². The minimum absolute atomic E-state index is 0.362. The molecule has 2 atom stereocenters. The van der Waals surface area contributed by atoms with Crippen LogP contribution in [0.5, 0.6) is 0 Å². The molecule has 2 heteroatoms. The second kappa shape index (κ2) is 6.06. The molecule has 1 heterocycles. The first-order valence-corrected chi connectivity index (χ1v) is 7.48. The Labute approximate surface area is 117 Å². The summed E-state index contributed by atoms with van der Waals surface area (Å²) in [6.07, 6.45) is 2.18. The van der Waals surface area contributed by atoms with Gasteiger partial charge in [0.2, 0.25) is 0 Å². The van der Waals surface area contributed by atoms with Gasteiger partial charge in [0.05, 0.1) is 6.10 Å². The van der Waals surface area contributed by atoms with Crippen LogP contribution in [0.15, 0.2) is 18.2 Å². The Morgan fingerprint density at radius 3 is 2.63 bits per heavy atom. The summed E-state index contributed by atoms with van der Waals surface area (Å²) >= 11 is 0. The predicted octanol–water partition coefficient (Wildman–Crippen LogP) is 3.46. The van der Waals surface area contributed by atoms with Gasteiger partial charge < -0.3 is 5.11 Å². The summed E-state index contributed by atoms with van der Waals surface area (Å²) in [5.41, 5.74) is 3.60. The largest absolute Gasteiger partial charge is 0.387 e. The van der Waals surface area contributed by atoms with E-state index in [2.05, 4.69) is 50.8 Å². The first-order valence-electron chi connectivity index (χ1n) is 7.48. The fourth-order valence-electron chi connectivity index (χ4n) is 3.13. The van der Waals surface area contributed by atoms with Crippen molar-refractivity contribution in [2.45, 2.75) is 52.7 Å². The minimum Gasteiger partial charge on any atom is -0.387 e. The van der Waals surface area contributed by atoms with Gasteiger partial charge in [0.25, 0.3) is 0 Å². The van der Waals surface area contributed by atoms with Crippen LogP contribution in [0.4, 0.5) is 0 Å². The van der Waals surface area contributed by atoms with E-state index in [-0.39, 0.29) is 6.10 Å². The molecule has 1 aliphatic rings. The molecule has 19 heavy (non-hydrogen) atoms. The van der Waals surface area contributed by atoms with E-state index >= 15 is 0 Å². The quantitative estimate of drug-likeness (QED) is 0.897. The highest BCUT2D eigenvalue weighted by Crippen LogP contribution is 2.27. The first-order chi connectivity index (χ1) is 8.99. The molecular weight excluding hydrogens is 234 g/mol. The van der Waals surface area contributed by atoms with Gasteiger partial charge in [0.1, 0.15) is 0 Å². The highest BCUT2D eigenvalue weighted by atomic mass is 16.3. The van der Waals surface area contributed by atoms with Crippen LogP contribution in [-0.4, -0.2) is 29.1 Å². The molecule has 1 aromatic carbocycles. The summed E-state index contributed by atoms with van der Waals surface area (Å²) in [6.45, 7) is 10.7. The molecule has 0 amide bonds. The summed E-state index contributed by atoms with van der Waals surface area (Å²) in [6, 6.07) is 6.94. The first kappa shape index (κ1) is 14.5. The molecule has 2 rings (SSSR count). The molecule has 1 N–H and O–H groups in total. The van der Waals surface area contributed by atoms with Crippen LogP contribution in [0.25, 0.3) is 0 Å². The van der Waals surface area contributed by atoms with Crippen molar-refractivity contribution >= 4 is 0 Å². The maximum absolute atomic E-state index is 10.5. The zero-order valence-corrected chi connectivity index (χ0v) is 12.7. The van der Waals surface area contributed by atoms with Gasteiger partial charge in [0, 0.05) is 12.6 Å². The van der Waals surface area contributed by atoms with Crippen molar-refractivity contribution in [3.05, 3.63) is 34.9 Å². The molecule has 0 aliphatic carbocycles. The Kier molecular flexibility index (Phi) is 4.64. The lowest BCUT2D eigenvalue weighted by molar-refractivity contribution is 0.0938. The van der Waals surface area contributed by atoms with E-state index < -0.39 is 0 Å². The number of hydrogen-bond donors (Lipinski definition) is 1. The number of aliphatic hydroxyl groups excluding tert-OH is 1. The van der Waals surface area contributed by atoms with Crippen LogP contribution < -0.4 is 0 Å². The van der Waals surface area contributed by atoms with Gasteiger partial charge in [-0.25, -0.2) is 0 Å². The zero-order chi connectivity index (χ0) is 14.0. The third kappa shape index (κ3) is 3.37. The van der Waals surface area contributed by atoms with Gasteiger partial charge in [-0.2, -0.15) is 0 Å². The van der Waals surface area contributed by atoms with Gasteiger partial charge in [-0.1, -0.05) is 32.0 Å². The molecule has 1 aliphatic heterocycles. The van der Waals surface area contributed by atoms with Crippen LogP contribution in [0, 0.1) is 19.8 Å². The van der Waals surface area contributed by atoms with E-state index in [1.165, 1.54) is 24.0 Å². The van der Waals surface area contributed by atoms with Crippen molar-refractivity contribution in [2.24, 2.45) is 5.92 Å². The molecule has 0 aromatic heterocycles. The number of nitrogens with zero attached hydrogens (tertiary/aromatic N) is 1. The van der Waals surface area contributed by atoms with Crippen LogP contribution in [0.3, 0.4) is 0 Å². The minimum atomic E-state index is -0.362. The molecule has 0 spiro atoms. The molecule has 106 valence electrons. The number of likely N-dealkylation sites (tertiary alicyclic amines) is 1. The fourth-order valence-corrected chi connectivity index (χ4v) is 3.13. The van der Waals surface area contributed by atoms with Gasteiger partial charge in [-0.3, -0.25) is 4.90 Å². The van der Waals surface area contributed by atoms with Crippen molar-refractivity contribution in [1.29, 1.82) is 0 Å². The number of β-amino-alcohol motifs (C(OH)–C–C–N with tert-alkyl or cyclic N) is 1. The van der Waals surface area contributed by atoms with Crippen molar-refractivity contribution in [1.82, 2.24) is 4.90 Å². The zero-order valence-electron chi connectivity index (χ0n) is 12.7. The van der Waals surface area contributed by atoms with Crippen LogP contribution in [0.2, 0.25) is 0 Å². The maximum Gasteiger partial charge on any atom is 0.0917 e. The van der Waals surface area contributed by atoms with Crippen molar-refractivity contribution < 1.29 is 5.11 Å². The average molecular weight is 261 g/mol. The standard InChI is InChI=1S/C17H27NO/c1-12(2)16-6-5-9-18(16)11-17(19)15-8-7-13(3)14(4)10-15/h7-8,10,12,16-17,19H,5-6,9,11H2,1-4H3. The Balaban J connectivity index is 2.04. The Morgan fingerprint density at radius 1 is 1.26 bits per heavy atom. The lowest BCUT2D eigenvalue weighted by Crippen LogP contribution is -2.36. The van der Waals surface area contributed by atoms with Gasteiger partial charge >= 0.3 is 0 Å². The summed E-state index contributed by atoms with van der Waals surface area (Å²) in [5.74, 6) is 0.675. The maximum atomic E-state index is 10.5. The summed E-state index contributed by atoms with van der Waals surface area (Å²) in [5, 5.41) is 10.5. The topological polar surface area (TPSA) is 23.5 Å². The molecule has 1 fully saturated rings. The molecule has 2 unspecified atom stereocenters. The van der Waals surface area contributed by atoms with Crippen molar-refractivity contribution in [2.75, 3.05) is 13.1 Å². The van der Waals surface area contributed by atoms with E-state index in [1.54, 1.807) is 0 Å². The van der Waals surface area contributed by atoms with Gasteiger partial charge in [-0.05, 0) is 55.8 Å². The summed E-state index contributed by atoms with van der Waals surface area (Å²) in [4.78, 5) is 2.46. The normalized spacial score (nSPS) is 22.1. The van der Waals surface area contributed by atoms with Gasteiger partial charge in [0.15, 0.2) is 0 Å². The van der Waals surface area contributed by atoms with E-state index in [1.807, 2.05) is 0 Å². The molecule has 2 nitrogen and oxygen atoms in total. The molecule has 0 radical (unpaired) electrons. The second-order valence-electron chi connectivity index (χ2n) is 6.31. The Morgan fingerprint density at radius 2 is 2.00 bits per heavy atom. The Bertz CT molecular complexity index is 427. The van der Waals surface area contributed by atoms with E-state index in [9.17, 15) is 5.11 Å². The third-order valence-electron chi connectivity index (χ3n) is 4.51. The number of benzene rings is 1. The second-order valence-corrected chi connectivity index (χ2v) is 6.31. The smallest absolute Gasteiger partial charge is 0.0917 e. The highest BCUT2D eigenvalue weighted by Gasteiger charge is 2.28. The molecule has 1 saturated heterocycles. The van der Waals surface area contributed by atoms with Crippen molar-refractivity contribution in [3.63, 3.8) is 0 Å². The van der Waals surface area contributed by atoms with E-state index in [0.29, 0.717) is 12.0 Å². The number of rotatable bonds is 4. The molecule has 1 aromatic rings. The fraction of sp³-hybridized carbons (Fsp3) is 0.647. The SMILES string of the molecule is Cc1ccc(C(O)CN2CCCC2C(C)C)cc1C. The molecule has 0 bridgehead atoms. The van der Waals surface area contributed by atoms with Crippen LogP contribution in [-0.2, 0) is 0 Å². The number of aliphatic hydroxyl groups is 1.